The van der Waals surface area contributed by atoms with E-state index >= 15 is 0 Å². The van der Waals surface area contributed by atoms with Gasteiger partial charge in [0.2, 0.25) is 0 Å². The topological polar surface area (TPSA) is 59.4 Å². The largest absolute Gasteiger partial charge is 0.299 e. The highest BCUT2D eigenvalue weighted by Gasteiger charge is 2.25. The van der Waals surface area contributed by atoms with Gasteiger partial charge in [-0.2, -0.15) is 5.10 Å². The third-order valence-corrected chi connectivity index (χ3v) is 6.22. The standard InChI is InChI=1S/C19H22ClN5S/c20-17-10-4-3-9-16(17)18-23-24-19(25(18)15-7-1-2-8-15)26-11-5-6-14-12-21-22-13-14/h3-4,9-10,12-13,15H,1-2,5-8,11H2,(H,21,22). The number of H-pyrrole nitrogens is 1. The average Bonchev–Trinajstić information content (AvgIpc) is 3.40. The minimum absolute atomic E-state index is 0.479. The van der Waals surface area contributed by atoms with Gasteiger partial charge in [0.1, 0.15) is 0 Å². The van der Waals surface area contributed by atoms with Gasteiger partial charge in [-0.25, -0.2) is 0 Å². The molecule has 1 aliphatic carbocycles. The third-order valence-electron chi connectivity index (χ3n) is 4.86. The molecule has 0 unspecified atom stereocenters. The number of hydrogen-bond acceptors (Lipinski definition) is 4. The zero-order chi connectivity index (χ0) is 17.8. The maximum absolute atomic E-state index is 6.43. The summed E-state index contributed by atoms with van der Waals surface area (Å²) in [6.07, 6.45) is 10.9. The molecule has 0 radical (unpaired) electrons. The lowest BCUT2D eigenvalue weighted by molar-refractivity contribution is 0.485. The Balaban J connectivity index is 1.53. The molecule has 136 valence electrons. The number of rotatable bonds is 7. The van der Waals surface area contributed by atoms with Crippen LogP contribution in [-0.4, -0.2) is 30.7 Å². The molecule has 5 nitrogen and oxygen atoms in total. The predicted octanol–water partition coefficient (Wildman–Crippen LogP) is 5.16. The van der Waals surface area contributed by atoms with E-state index in [-0.39, 0.29) is 0 Å². The van der Waals surface area contributed by atoms with Crippen LogP contribution in [0.4, 0.5) is 0 Å². The van der Waals surface area contributed by atoms with Gasteiger partial charge in [0.25, 0.3) is 0 Å². The van der Waals surface area contributed by atoms with Gasteiger partial charge in [0, 0.05) is 23.6 Å². The van der Waals surface area contributed by atoms with E-state index < -0.39 is 0 Å². The second kappa shape index (κ2) is 8.27. The Morgan fingerprint density at radius 2 is 2.04 bits per heavy atom. The van der Waals surface area contributed by atoms with Crippen molar-refractivity contribution in [1.29, 1.82) is 0 Å². The quantitative estimate of drug-likeness (QED) is 0.449. The van der Waals surface area contributed by atoms with Crippen molar-refractivity contribution >= 4 is 23.4 Å². The van der Waals surface area contributed by atoms with Crippen molar-refractivity contribution in [3.63, 3.8) is 0 Å². The molecule has 1 aliphatic rings. The summed E-state index contributed by atoms with van der Waals surface area (Å²) in [6.45, 7) is 0. The number of nitrogens with one attached hydrogen (secondary N) is 1. The summed E-state index contributed by atoms with van der Waals surface area (Å²) in [4.78, 5) is 0. The molecule has 0 saturated heterocycles. The molecule has 0 amide bonds. The Hall–Kier alpha value is -1.79. The van der Waals surface area contributed by atoms with E-state index in [0.717, 1.165) is 40.2 Å². The van der Waals surface area contributed by atoms with E-state index in [4.69, 9.17) is 11.6 Å². The Morgan fingerprint density at radius 3 is 2.81 bits per heavy atom. The van der Waals surface area contributed by atoms with Crippen LogP contribution >= 0.6 is 23.4 Å². The number of halogens is 1. The summed E-state index contributed by atoms with van der Waals surface area (Å²) < 4.78 is 2.33. The molecule has 1 saturated carbocycles. The third kappa shape index (κ3) is 3.81. The van der Waals surface area contributed by atoms with Gasteiger partial charge >= 0.3 is 0 Å². The molecular formula is C19H22ClN5S. The van der Waals surface area contributed by atoms with Crippen molar-refractivity contribution < 1.29 is 0 Å². The molecule has 2 heterocycles. The minimum atomic E-state index is 0.479. The fourth-order valence-corrected chi connectivity index (χ4v) is 4.71. The highest BCUT2D eigenvalue weighted by atomic mass is 35.5. The van der Waals surface area contributed by atoms with E-state index in [2.05, 4.69) is 25.0 Å². The molecule has 1 aromatic carbocycles. The second-order valence-electron chi connectivity index (χ2n) is 6.65. The van der Waals surface area contributed by atoms with Crippen molar-refractivity contribution in [3.05, 3.63) is 47.2 Å². The maximum Gasteiger partial charge on any atom is 0.191 e. The Kier molecular flexibility index (Phi) is 5.60. The number of aryl methyl sites for hydroxylation is 1. The molecule has 1 N–H and O–H groups in total. The predicted molar refractivity (Wildman–Crippen MR) is 106 cm³/mol. The summed E-state index contributed by atoms with van der Waals surface area (Å²) in [5, 5.41) is 17.6. The second-order valence-corrected chi connectivity index (χ2v) is 8.12. The number of hydrogen-bond donors (Lipinski definition) is 1. The normalized spacial score (nSPS) is 15.0. The van der Waals surface area contributed by atoms with Crippen LogP contribution in [0.1, 0.15) is 43.7 Å². The van der Waals surface area contributed by atoms with E-state index in [1.165, 1.54) is 31.2 Å². The lowest BCUT2D eigenvalue weighted by atomic mass is 10.2. The van der Waals surface area contributed by atoms with Crippen molar-refractivity contribution in [1.82, 2.24) is 25.0 Å². The van der Waals surface area contributed by atoms with Crippen LogP contribution in [0.5, 0.6) is 0 Å². The van der Waals surface area contributed by atoms with Gasteiger partial charge in [-0.05, 0) is 43.4 Å². The van der Waals surface area contributed by atoms with Crippen molar-refractivity contribution in [2.24, 2.45) is 0 Å². The number of aromatic amines is 1. The molecule has 7 heteroatoms. The lowest BCUT2D eigenvalue weighted by Gasteiger charge is -2.17. The summed E-state index contributed by atoms with van der Waals surface area (Å²) in [6, 6.07) is 8.39. The number of benzene rings is 1. The Bertz CT molecular complexity index is 839. The Morgan fingerprint density at radius 1 is 1.19 bits per heavy atom. The number of thioether (sulfide) groups is 1. The lowest BCUT2D eigenvalue weighted by Crippen LogP contribution is -2.08. The van der Waals surface area contributed by atoms with Crippen molar-refractivity contribution in [2.75, 3.05) is 5.75 Å². The fraction of sp³-hybridized carbons (Fsp3) is 0.421. The van der Waals surface area contributed by atoms with Crippen LogP contribution in [0.15, 0.2) is 41.8 Å². The molecule has 4 rings (SSSR count). The molecule has 1 fully saturated rings. The van der Waals surface area contributed by atoms with E-state index in [1.54, 1.807) is 11.8 Å². The molecule has 3 aromatic rings. The highest BCUT2D eigenvalue weighted by Crippen LogP contribution is 2.38. The first kappa shape index (κ1) is 17.6. The fourth-order valence-electron chi connectivity index (χ4n) is 3.55. The zero-order valence-electron chi connectivity index (χ0n) is 14.6. The van der Waals surface area contributed by atoms with Crippen molar-refractivity contribution in [3.8, 4) is 11.4 Å². The number of aromatic nitrogens is 5. The van der Waals surface area contributed by atoms with Gasteiger partial charge in [-0.3, -0.25) is 9.67 Å². The van der Waals surface area contributed by atoms with Crippen LogP contribution in [0.25, 0.3) is 11.4 Å². The molecule has 0 atom stereocenters. The van der Waals surface area contributed by atoms with E-state index in [0.29, 0.717) is 6.04 Å². The molecule has 0 spiro atoms. The molecule has 0 aliphatic heterocycles. The van der Waals surface area contributed by atoms with Gasteiger partial charge in [0.15, 0.2) is 11.0 Å². The molecule has 26 heavy (non-hydrogen) atoms. The van der Waals surface area contributed by atoms with Gasteiger partial charge in [-0.15, -0.1) is 10.2 Å². The molecule has 0 bridgehead atoms. The SMILES string of the molecule is Clc1ccccc1-c1nnc(SCCCc2cn[nH]c2)n1C1CCCC1. The first-order chi connectivity index (χ1) is 12.8. The first-order valence-corrected chi connectivity index (χ1v) is 10.5. The average molecular weight is 388 g/mol. The van der Waals surface area contributed by atoms with Gasteiger partial charge in [-0.1, -0.05) is 48.3 Å². The zero-order valence-corrected chi connectivity index (χ0v) is 16.1. The van der Waals surface area contributed by atoms with Crippen LogP contribution < -0.4 is 0 Å². The summed E-state index contributed by atoms with van der Waals surface area (Å²) in [7, 11) is 0. The Labute approximate surface area is 162 Å². The van der Waals surface area contributed by atoms with Crippen LogP contribution in [0.3, 0.4) is 0 Å². The summed E-state index contributed by atoms with van der Waals surface area (Å²) >= 11 is 8.23. The summed E-state index contributed by atoms with van der Waals surface area (Å²) in [5.74, 6) is 1.92. The van der Waals surface area contributed by atoms with Crippen molar-refractivity contribution in [2.45, 2.75) is 49.7 Å². The maximum atomic E-state index is 6.43. The van der Waals surface area contributed by atoms with Gasteiger partial charge < -0.3 is 0 Å². The molecule has 2 aromatic heterocycles. The first-order valence-electron chi connectivity index (χ1n) is 9.13. The molecular weight excluding hydrogens is 366 g/mol. The van der Waals surface area contributed by atoms with E-state index in [1.807, 2.05) is 36.7 Å². The van der Waals surface area contributed by atoms with E-state index in [9.17, 15) is 0 Å². The van der Waals surface area contributed by atoms with Crippen LogP contribution in [0.2, 0.25) is 5.02 Å². The number of nitrogens with zero attached hydrogens (tertiary/aromatic N) is 4. The minimum Gasteiger partial charge on any atom is -0.299 e. The van der Waals surface area contributed by atoms with Crippen LogP contribution in [-0.2, 0) is 6.42 Å². The van der Waals surface area contributed by atoms with Crippen LogP contribution in [0, 0.1) is 0 Å². The monoisotopic (exact) mass is 387 g/mol. The smallest absolute Gasteiger partial charge is 0.191 e. The summed E-state index contributed by atoms with van der Waals surface area (Å²) in [5.41, 5.74) is 2.22. The van der Waals surface area contributed by atoms with Gasteiger partial charge in [0.05, 0.1) is 11.2 Å². The highest BCUT2D eigenvalue weighted by molar-refractivity contribution is 7.99.